The number of fused-ring (bicyclic) bond motifs is 2. The molecule has 2 bridgehead atoms. The summed E-state index contributed by atoms with van der Waals surface area (Å²) < 4.78 is 0. The fourth-order valence-electron chi connectivity index (χ4n) is 4.11. The van der Waals surface area contributed by atoms with Gasteiger partial charge in [0, 0.05) is 0 Å². The number of hydrogen-bond acceptors (Lipinski definition) is 0. The van der Waals surface area contributed by atoms with Crippen LogP contribution in [-0.4, -0.2) is 0 Å². The zero-order valence-electron chi connectivity index (χ0n) is 14.1. The van der Waals surface area contributed by atoms with E-state index in [4.69, 9.17) is 0 Å². The summed E-state index contributed by atoms with van der Waals surface area (Å²) in [5, 5.41) is 0. The quantitative estimate of drug-likeness (QED) is 0.444. The Morgan fingerprint density at radius 3 is 2.30 bits per heavy atom. The third-order valence-electron chi connectivity index (χ3n) is 5.83. The largest absolute Gasteiger partial charge is 0.0853 e. The third kappa shape index (κ3) is 3.45. The molecule has 0 aromatic carbocycles. The minimum absolute atomic E-state index is 0.440. The van der Waals surface area contributed by atoms with Crippen molar-refractivity contribution in [2.24, 2.45) is 17.3 Å². The molecule has 0 fully saturated rings. The summed E-state index contributed by atoms with van der Waals surface area (Å²) >= 11 is 0. The van der Waals surface area contributed by atoms with E-state index in [-0.39, 0.29) is 0 Å². The lowest BCUT2D eigenvalue weighted by Crippen LogP contribution is -2.36. The van der Waals surface area contributed by atoms with Crippen molar-refractivity contribution in [3.05, 3.63) is 34.9 Å². The van der Waals surface area contributed by atoms with Gasteiger partial charge in [0.15, 0.2) is 0 Å². The van der Waals surface area contributed by atoms with Crippen molar-refractivity contribution < 1.29 is 0 Å². The van der Waals surface area contributed by atoms with E-state index in [9.17, 15) is 0 Å². The molecule has 2 unspecified atom stereocenters. The molecular weight excluding hydrogens is 240 g/mol. The fourth-order valence-corrected chi connectivity index (χ4v) is 4.11. The summed E-state index contributed by atoms with van der Waals surface area (Å²) in [5.74, 6) is 1.58. The van der Waals surface area contributed by atoms with Crippen molar-refractivity contribution in [1.29, 1.82) is 0 Å². The van der Waals surface area contributed by atoms with Crippen LogP contribution in [-0.2, 0) is 0 Å². The maximum atomic E-state index is 2.52. The minimum Gasteiger partial charge on any atom is -0.0853 e. The Kier molecular flexibility index (Phi) is 4.94. The Morgan fingerprint density at radius 1 is 0.900 bits per heavy atom. The van der Waals surface area contributed by atoms with Crippen LogP contribution in [0.2, 0.25) is 0 Å². The lowest BCUT2D eigenvalue weighted by molar-refractivity contribution is 0.119. The topological polar surface area (TPSA) is 0 Å². The molecule has 0 spiro atoms. The molecule has 0 radical (unpaired) electrons. The van der Waals surface area contributed by atoms with Gasteiger partial charge in [-0.1, -0.05) is 48.8 Å². The highest BCUT2D eigenvalue weighted by Crippen LogP contribution is 2.49. The highest BCUT2D eigenvalue weighted by Gasteiger charge is 2.39. The normalized spacial score (nSPS) is 36.5. The van der Waals surface area contributed by atoms with E-state index in [0.717, 1.165) is 11.8 Å². The smallest absolute Gasteiger partial charge is 0.0149 e. The predicted octanol–water partition coefficient (Wildman–Crippen LogP) is 6.45. The van der Waals surface area contributed by atoms with Crippen molar-refractivity contribution in [3.8, 4) is 0 Å². The van der Waals surface area contributed by atoms with Crippen LogP contribution < -0.4 is 0 Å². The summed E-state index contributed by atoms with van der Waals surface area (Å²) in [5.41, 5.74) is 5.24. The van der Waals surface area contributed by atoms with E-state index in [1.165, 1.54) is 38.5 Å². The molecule has 2 atom stereocenters. The summed E-state index contributed by atoms with van der Waals surface area (Å²) in [6, 6.07) is 0. The summed E-state index contributed by atoms with van der Waals surface area (Å²) in [6.45, 7) is 12.0. The average molecular weight is 272 g/mol. The van der Waals surface area contributed by atoms with Crippen molar-refractivity contribution in [3.63, 3.8) is 0 Å². The molecule has 0 aromatic rings. The van der Waals surface area contributed by atoms with Gasteiger partial charge in [0.2, 0.25) is 0 Å². The maximum Gasteiger partial charge on any atom is -0.0149 e. The fraction of sp³-hybridized carbons (Fsp3) is 0.700. The second kappa shape index (κ2) is 6.33. The van der Waals surface area contributed by atoms with E-state index in [1.807, 2.05) is 0 Å². The van der Waals surface area contributed by atoms with E-state index in [2.05, 4.69) is 52.8 Å². The highest BCUT2D eigenvalue weighted by molar-refractivity contribution is 5.17. The molecule has 0 N–H and O–H groups in total. The van der Waals surface area contributed by atoms with Gasteiger partial charge in [0.05, 0.1) is 0 Å². The summed E-state index contributed by atoms with van der Waals surface area (Å²) in [4.78, 5) is 0. The van der Waals surface area contributed by atoms with Crippen LogP contribution in [0.25, 0.3) is 0 Å². The molecule has 0 saturated carbocycles. The van der Waals surface area contributed by atoms with Crippen LogP contribution in [0, 0.1) is 17.3 Å². The Hall–Kier alpha value is -0.780. The van der Waals surface area contributed by atoms with E-state index >= 15 is 0 Å². The number of rotatable bonds is 0. The standard InChI is InChI=1S/C20H32/c1-15-7-6-8-16(2)10-14-19-17(3)11-13-18(12-9-15)20(19,4)5/h8-9,11,18-19H,6-7,10,12-14H2,1-5H3/b15-9+,16-8+. The zero-order valence-corrected chi connectivity index (χ0v) is 14.1. The molecule has 0 saturated heterocycles. The SMILES string of the molecule is CC1=CCC2C/C=C(\C)CC/C=C(\C)CCC1C2(C)C. The van der Waals surface area contributed by atoms with E-state index in [1.54, 1.807) is 16.7 Å². The monoisotopic (exact) mass is 272 g/mol. The van der Waals surface area contributed by atoms with Gasteiger partial charge in [-0.2, -0.15) is 0 Å². The van der Waals surface area contributed by atoms with Crippen molar-refractivity contribution in [1.82, 2.24) is 0 Å². The molecular formula is C20H32. The van der Waals surface area contributed by atoms with Crippen LogP contribution in [0.4, 0.5) is 0 Å². The first kappa shape index (κ1) is 15.6. The first-order chi connectivity index (χ1) is 9.41. The molecule has 20 heavy (non-hydrogen) atoms. The van der Waals surface area contributed by atoms with Gasteiger partial charge in [0.1, 0.15) is 0 Å². The molecule has 0 amide bonds. The number of allylic oxidation sites excluding steroid dienone is 6. The predicted molar refractivity (Wildman–Crippen MR) is 89.7 cm³/mol. The molecule has 2 rings (SSSR count). The first-order valence-corrected chi connectivity index (χ1v) is 8.39. The van der Waals surface area contributed by atoms with Crippen LogP contribution in [0.3, 0.4) is 0 Å². The Bertz CT molecular complexity index is 431. The number of hydrogen-bond donors (Lipinski definition) is 0. The van der Waals surface area contributed by atoms with Crippen molar-refractivity contribution >= 4 is 0 Å². The second-order valence-electron chi connectivity index (χ2n) is 7.67. The van der Waals surface area contributed by atoms with Crippen molar-refractivity contribution in [2.75, 3.05) is 0 Å². The third-order valence-corrected chi connectivity index (χ3v) is 5.83. The van der Waals surface area contributed by atoms with Gasteiger partial charge in [-0.25, -0.2) is 0 Å². The second-order valence-corrected chi connectivity index (χ2v) is 7.67. The molecule has 0 aromatic heterocycles. The van der Waals surface area contributed by atoms with Gasteiger partial charge in [-0.15, -0.1) is 0 Å². The van der Waals surface area contributed by atoms with E-state index in [0.29, 0.717) is 5.41 Å². The van der Waals surface area contributed by atoms with Crippen LogP contribution in [0.15, 0.2) is 34.9 Å². The lowest BCUT2D eigenvalue weighted by atomic mass is 9.60. The Balaban J connectivity index is 2.29. The minimum atomic E-state index is 0.440. The molecule has 0 nitrogen and oxygen atoms in total. The molecule has 112 valence electrons. The molecule has 2 aliphatic rings. The van der Waals surface area contributed by atoms with Gasteiger partial charge < -0.3 is 0 Å². The van der Waals surface area contributed by atoms with Crippen molar-refractivity contribution in [2.45, 2.75) is 73.1 Å². The summed E-state index contributed by atoms with van der Waals surface area (Å²) in [6.07, 6.45) is 15.1. The Morgan fingerprint density at radius 2 is 1.55 bits per heavy atom. The average Bonchev–Trinajstić information content (AvgIpc) is 2.36. The van der Waals surface area contributed by atoms with Gasteiger partial charge in [-0.05, 0) is 76.5 Å². The van der Waals surface area contributed by atoms with Gasteiger partial charge in [-0.3, -0.25) is 0 Å². The van der Waals surface area contributed by atoms with Gasteiger partial charge in [0.25, 0.3) is 0 Å². The highest BCUT2D eigenvalue weighted by atomic mass is 14.4. The van der Waals surface area contributed by atoms with Crippen LogP contribution in [0.5, 0.6) is 0 Å². The van der Waals surface area contributed by atoms with Crippen LogP contribution >= 0.6 is 0 Å². The molecule has 2 aliphatic carbocycles. The maximum absolute atomic E-state index is 2.52. The molecule has 0 aliphatic heterocycles. The van der Waals surface area contributed by atoms with Crippen LogP contribution in [0.1, 0.15) is 73.1 Å². The molecule has 0 heterocycles. The summed E-state index contributed by atoms with van der Waals surface area (Å²) in [7, 11) is 0. The van der Waals surface area contributed by atoms with E-state index < -0.39 is 0 Å². The molecule has 0 heteroatoms. The first-order valence-electron chi connectivity index (χ1n) is 8.39. The zero-order chi connectivity index (χ0) is 14.8. The van der Waals surface area contributed by atoms with Gasteiger partial charge >= 0.3 is 0 Å². The lowest BCUT2D eigenvalue weighted by Gasteiger charge is -2.45. The Labute approximate surface area is 126 Å².